The van der Waals surface area contributed by atoms with Crippen LogP contribution in [0.5, 0.6) is 5.75 Å². The quantitative estimate of drug-likeness (QED) is 0.362. The second kappa shape index (κ2) is 4.53. The highest BCUT2D eigenvalue weighted by Crippen LogP contribution is 2.53. The molecule has 4 atom stereocenters. The van der Waals surface area contributed by atoms with Crippen molar-refractivity contribution in [2.24, 2.45) is 23.7 Å². The Bertz CT molecular complexity index is 693. The Morgan fingerprint density at radius 1 is 1.09 bits per heavy atom. The third-order valence-electron chi connectivity index (χ3n) is 4.83. The summed E-state index contributed by atoms with van der Waals surface area (Å²) in [5.41, 5.74) is 0.363. The number of ether oxygens (including phenoxy) is 1. The number of hydrogen-bond donors (Lipinski definition) is 0. The number of esters is 1. The molecule has 112 valence electrons. The smallest absolute Gasteiger partial charge is 0.308 e. The normalized spacial score (nSPS) is 31.8. The Morgan fingerprint density at radius 2 is 1.68 bits per heavy atom. The molecule has 4 rings (SSSR count). The molecule has 0 unspecified atom stereocenters. The molecule has 0 N–H and O–H groups in total. The maximum absolute atomic E-state index is 12.8. The van der Waals surface area contributed by atoms with Gasteiger partial charge in [0, 0.05) is 6.92 Å². The molecule has 1 heterocycles. The van der Waals surface area contributed by atoms with Gasteiger partial charge in [0.2, 0.25) is 11.8 Å². The summed E-state index contributed by atoms with van der Waals surface area (Å²) < 4.78 is 5.15. The molecule has 5 nitrogen and oxygen atoms in total. The van der Waals surface area contributed by atoms with Crippen molar-refractivity contribution in [3.05, 3.63) is 36.4 Å². The van der Waals surface area contributed by atoms with E-state index in [9.17, 15) is 14.4 Å². The largest absolute Gasteiger partial charge is 0.424 e. The van der Waals surface area contributed by atoms with Crippen molar-refractivity contribution in [3.63, 3.8) is 0 Å². The molecule has 1 aliphatic heterocycles. The van der Waals surface area contributed by atoms with Crippen molar-refractivity contribution in [1.82, 2.24) is 0 Å². The summed E-state index contributed by atoms with van der Waals surface area (Å²) in [6.45, 7) is 1.29. The van der Waals surface area contributed by atoms with Gasteiger partial charge in [0.15, 0.2) is 5.75 Å². The van der Waals surface area contributed by atoms with Crippen molar-refractivity contribution in [3.8, 4) is 5.75 Å². The zero-order valence-corrected chi connectivity index (χ0v) is 12.1. The molecule has 1 saturated heterocycles. The lowest BCUT2D eigenvalue weighted by Crippen LogP contribution is -2.33. The zero-order valence-electron chi connectivity index (χ0n) is 12.1. The van der Waals surface area contributed by atoms with E-state index in [4.69, 9.17) is 4.74 Å². The fourth-order valence-electron chi connectivity index (χ4n) is 4.02. The van der Waals surface area contributed by atoms with Gasteiger partial charge in [-0.15, -0.1) is 0 Å². The van der Waals surface area contributed by atoms with Gasteiger partial charge in [-0.25, -0.2) is 4.90 Å². The number of anilines is 1. The number of imide groups is 1. The SMILES string of the molecule is CC(=O)Oc1ccccc1N1C(=O)[C@@H]2[C@@H](C1=O)[C@@H]1C=C[C@@H]2C1. The first-order valence-electron chi connectivity index (χ1n) is 7.41. The van der Waals surface area contributed by atoms with Gasteiger partial charge in [-0.2, -0.15) is 0 Å². The van der Waals surface area contributed by atoms with Gasteiger partial charge in [-0.05, 0) is 30.4 Å². The van der Waals surface area contributed by atoms with Crippen LogP contribution in [0.15, 0.2) is 36.4 Å². The average Bonchev–Trinajstić information content (AvgIpc) is 3.14. The minimum absolute atomic E-state index is 0.164. The molecule has 0 aromatic heterocycles. The van der Waals surface area contributed by atoms with Crippen LogP contribution >= 0.6 is 0 Å². The van der Waals surface area contributed by atoms with E-state index in [1.54, 1.807) is 24.3 Å². The first-order valence-corrected chi connectivity index (χ1v) is 7.41. The fraction of sp³-hybridized carbons (Fsp3) is 0.353. The molecule has 2 bridgehead atoms. The van der Waals surface area contributed by atoms with Crippen molar-refractivity contribution in [2.75, 3.05) is 4.90 Å². The van der Waals surface area contributed by atoms with Gasteiger partial charge in [-0.3, -0.25) is 14.4 Å². The van der Waals surface area contributed by atoms with Crippen molar-refractivity contribution in [2.45, 2.75) is 13.3 Å². The Morgan fingerprint density at radius 3 is 2.27 bits per heavy atom. The molecule has 2 fully saturated rings. The second-order valence-corrected chi connectivity index (χ2v) is 6.07. The molecule has 0 spiro atoms. The number of carbonyl (C=O) groups is 3. The number of carbonyl (C=O) groups excluding carboxylic acids is 3. The number of para-hydroxylation sites is 2. The zero-order chi connectivity index (χ0) is 15.4. The van der Waals surface area contributed by atoms with E-state index in [1.807, 2.05) is 0 Å². The second-order valence-electron chi connectivity index (χ2n) is 6.07. The van der Waals surface area contributed by atoms with Gasteiger partial charge < -0.3 is 4.74 Å². The van der Waals surface area contributed by atoms with Gasteiger partial charge in [-0.1, -0.05) is 24.3 Å². The molecule has 0 radical (unpaired) electrons. The predicted octanol–water partition coefficient (Wildman–Crippen LogP) is 1.92. The van der Waals surface area contributed by atoms with Crippen molar-refractivity contribution < 1.29 is 19.1 Å². The molecule has 5 heteroatoms. The standard InChI is InChI=1S/C17H15NO4/c1-9(19)22-13-5-3-2-4-12(13)18-16(20)14-10-6-7-11(8-10)15(14)17(18)21/h2-7,10-11,14-15H,8H2,1H3/t10-,11-,14+,15+/m1/s1. The first-order chi connectivity index (χ1) is 10.6. The van der Waals surface area contributed by atoms with Crippen LogP contribution in [-0.2, 0) is 14.4 Å². The molecule has 3 aliphatic rings. The summed E-state index contributed by atoms with van der Waals surface area (Å²) in [5.74, 6) is -0.765. The highest BCUT2D eigenvalue weighted by atomic mass is 16.5. The maximum atomic E-state index is 12.8. The summed E-state index contributed by atoms with van der Waals surface area (Å²) >= 11 is 0. The summed E-state index contributed by atoms with van der Waals surface area (Å²) in [6.07, 6.45) is 5.00. The van der Waals surface area contributed by atoms with Crippen LogP contribution in [0.3, 0.4) is 0 Å². The van der Waals surface area contributed by atoms with Gasteiger partial charge in [0.1, 0.15) is 0 Å². The minimum Gasteiger partial charge on any atom is -0.424 e. The van der Waals surface area contributed by atoms with Gasteiger partial charge >= 0.3 is 5.97 Å². The summed E-state index contributed by atoms with van der Waals surface area (Å²) in [4.78, 5) is 38.0. The Kier molecular flexibility index (Phi) is 2.73. The van der Waals surface area contributed by atoms with Crippen molar-refractivity contribution in [1.29, 1.82) is 0 Å². The predicted molar refractivity (Wildman–Crippen MR) is 78.0 cm³/mol. The molecule has 1 saturated carbocycles. The molecule has 22 heavy (non-hydrogen) atoms. The van der Waals surface area contributed by atoms with E-state index in [2.05, 4.69) is 12.2 Å². The number of fused-ring (bicyclic) bond motifs is 5. The van der Waals surface area contributed by atoms with E-state index < -0.39 is 5.97 Å². The minimum atomic E-state index is -0.478. The average molecular weight is 297 g/mol. The van der Waals surface area contributed by atoms with Crippen LogP contribution in [0, 0.1) is 23.7 Å². The number of benzene rings is 1. The van der Waals surface area contributed by atoms with Gasteiger partial charge in [0.25, 0.3) is 0 Å². The summed E-state index contributed by atoms with van der Waals surface area (Å²) in [7, 11) is 0. The highest BCUT2D eigenvalue weighted by molar-refractivity contribution is 6.23. The molecular weight excluding hydrogens is 282 g/mol. The van der Waals surface area contributed by atoms with Crippen LogP contribution < -0.4 is 9.64 Å². The van der Waals surface area contributed by atoms with Gasteiger partial charge in [0.05, 0.1) is 17.5 Å². The van der Waals surface area contributed by atoms with E-state index in [0.717, 1.165) is 6.42 Å². The number of rotatable bonds is 2. The number of nitrogens with zero attached hydrogens (tertiary/aromatic N) is 1. The van der Waals surface area contributed by atoms with Crippen LogP contribution in [-0.4, -0.2) is 17.8 Å². The maximum Gasteiger partial charge on any atom is 0.308 e. The fourth-order valence-corrected chi connectivity index (χ4v) is 4.02. The van der Waals surface area contributed by atoms with E-state index in [-0.39, 0.29) is 41.2 Å². The van der Waals surface area contributed by atoms with Crippen LogP contribution in [0.25, 0.3) is 0 Å². The summed E-state index contributed by atoms with van der Waals surface area (Å²) in [6, 6.07) is 6.67. The van der Waals surface area contributed by atoms with Crippen LogP contribution in [0.4, 0.5) is 5.69 Å². The topological polar surface area (TPSA) is 63.7 Å². The molecule has 1 aromatic rings. The van der Waals surface area contributed by atoms with E-state index >= 15 is 0 Å². The Hall–Kier alpha value is -2.43. The third-order valence-corrected chi connectivity index (χ3v) is 4.83. The lowest BCUT2D eigenvalue weighted by molar-refractivity contribution is -0.132. The number of amides is 2. The third kappa shape index (κ3) is 1.68. The Balaban J connectivity index is 1.74. The monoisotopic (exact) mass is 297 g/mol. The van der Waals surface area contributed by atoms with E-state index in [0.29, 0.717) is 5.69 Å². The lowest BCUT2D eigenvalue weighted by atomic mass is 9.85. The first kappa shape index (κ1) is 13.2. The summed E-state index contributed by atoms with van der Waals surface area (Å²) in [5, 5.41) is 0. The number of hydrogen-bond acceptors (Lipinski definition) is 4. The van der Waals surface area contributed by atoms with E-state index in [1.165, 1.54) is 11.8 Å². The molecule has 2 amide bonds. The molecule has 2 aliphatic carbocycles. The highest BCUT2D eigenvalue weighted by Gasteiger charge is 2.59. The lowest BCUT2D eigenvalue weighted by Gasteiger charge is -2.19. The van der Waals surface area contributed by atoms with Crippen molar-refractivity contribution >= 4 is 23.5 Å². The van der Waals surface area contributed by atoms with Crippen LogP contribution in [0.1, 0.15) is 13.3 Å². The molecular formula is C17H15NO4. The number of allylic oxidation sites excluding steroid dienone is 2. The molecule has 1 aromatic carbocycles. The van der Waals surface area contributed by atoms with Crippen LogP contribution in [0.2, 0.25) is 0 Å². The Labute approximate surface area is 127 Å².